The van der Waals surface area contributed by atoms with Crippen LogP contribution in [0.4, 0.5) is 0 Å². The summed E-state index contributed by atoms with van der Waals surface area (Å²) in [7, 11) is -1.80. The number of nitrogens with one attached hydrogen (secondary N) is 1. The third kappa shape index (κ3) is 4.72. The first-order valence-electron chi connectivity index (χ1n) is 3.11. The first kappa shape index (κ1) is 9.87. The van der Waals surface area contributed by atoms with E-state index >= 15 is 0 Å². The van der Waals surface area contributed by atoms with Gasteiger partial charge >= 0.3 is 0 Å². The minimum Gasteiger partial charge on any atom is -0.364 e. The topological polar surface area (TPSA) is 55.4 Å². The SMILES string of the molecule is CCCOCS(=O)(=O)NC. The van der Waals surface area contributed by atoms with Crippen LogP contribution in [0.2, 0.25) is 0 Å². The van der Waals surface area contributed by atoms with E-state index in [0.29, 0.717) is 6.61 Å². The van der Waals surface area contributed by atoms with E-state index < -0.39 is 10.0 Å². The number of ether oxygens (including phenoxy) is 1. The van der Waals surface area contributed by atoms with E-state index in [2.05, 4.69) is 4.72 Å². The first-order chi connectivity index (χ1) is 4.62. The summed E-state index contributed by atoms with van der Waals surface area (Å²) in [6.45, 7) is 2.41. The molecule has 62 valence electrons. The van der Waals surface area contributed by atoms with Gasteiger partial charge in [-0.1, -0.05) is 6.92 Å². The third-order valence-corrected chi connectivity index (χ3v) is 2.00. The fraction of sp³-hybridized carbons (Fsp3) is 1.00. The van der Waals surface area contributed by atoms with Crippen LogP contribution in [0.1, 0.15) is 13.3 Å². The van der Waals surface area contributed by atoms with Crippen molar-refractivity contribution in [2.24, 2.45) is 0 Å². The van der Waals surface area contributed by atoms with Crippen LogP contribution in [-0.2, 0) is 14.8 Å². The van der Waals surface area contributed by atoms with Gasteiger partial charge in [-0.05, 0) is 13.5 Å². The molecule has 0 amide bonds. The van der Waals surface area contributed by atoms with Crippen LogP contribution >= 0.6 is 0 Å². The van der Waals surface area contributed by atoms with E-state index in [1.807, 2.05) is 6.92 Å². The molecule has 0 aliphatic heterocycles. The van der Waals surface area contributed by atoms with Crippen molar-refractivity contribution >= 4 is 10.0 Å². The molecule has 0 heterocycles. The molecule has 0 atom stereocenters. The van der Waals surface area contributed by atoms with E-state index in [1.165, 1.54) is 7.05 Å². The Morgan fingerprint density at radius 1 is 1.50 bits per heavy atom. The predicted octanol–water partition coefficient (Wildman–Crippen LogP) is -0.0803. The summed E-state index contributed by atoms with van der Waals surface area (Å²) in [6.07, 6.45) is 0.833. The maximum absolute atomic E-state index is 10.6. The van der Waals surface area contributed by atoms with Gasteiger partial charge in [0, 0.05) is 6.61 Å². The van der Waals surface area contributed by atoms with Crippen molar-refractivity contribution in [1.29, 1.82) is 0 Å². The van der Waals surface area contributed by atoms with Gasteiger partial charge in [-0.25, -0.2) is 13.1 Å². The Bertz CT molecular complexity index is 164. The standard InChI is InChI=1S/C5H13NO3S/c1-3-4-9-5-10(7,8)6-2/h6H,3-5H2,1-2H3. The Morgan fingerprint density at radius 2 is 2.10 bits per heavy atom. The fourth-order valence-corrected chi connectivity index (χ4v) is 0.827. The van der Waals surface area contributed by atoms with Gasteiger partial charge in [0.05, 0.1) is 0 Å². The Balaban J connectivity index is 3.49. The zero-order valence-electron chi connectivity index (χ0n) is 6.25. The van der Waals surface area contributed by atoms with Crippen molar-refractivity contribution in [2.45, 2.75) is 13.3 Å². The zero-order chi connectivity index (χ0) is 8.04. The summed E-state index contributed by atoms with van der Waals surface area (Å²) in [4.78, 5) is 0. The highest BCUT2D eigenvalue weighted by atomic mass is 32.2. The summed E-state index contributed by atoms with van der Waals surface area (Å²) in [5.41, 5.74) is 0. The highest BCUT2D eigenvalue weighted by Crippen LogP contribution is 1.85. The second-order valence-electron chi connectivity index (χ2n) is 1.84. The van der Waals surface area contributed by atoms with Crippen molar-refractivity contribution in [1.82, 2.24) is 4.72 Å². The predicted molar refractivity (Wildman–Crippen MR) is 39.1 cm³/mol. The molecule has 10 heavy (non-hydrogen) atoms. The number of rotatable bonds is 5. The normalized spacial score (nSPS) is 11.8. The molecule has 0 rings (SSSR count). The second kappa shape index (κ2) is 4.65. The molecule has 0 aromatic carbocycles. The van der Waals surface area contributed by atoms with Gasteiger partial charge in [-0.3, -0.25) is 0 Å². The lowest BCUT2D eigenvalue weighted by atomic mass is 10.5. The second-order valence-corrected chi connectivity index (χ2v) is 3.72. The fourth-order valence-electron chi connectivity index (χ4n) is 0.372. The molecule has 0 aromatic heterocycles. The van der Waals surface area contributed by atoms with Crippen molar-refractivity contribution in [2.75, 3.05) is 19.6 Å². The maximum atomic E-state index is 10.6. The molecule has 0 aliphatic carbocycles. The van der Waals surface area contributed by atoms with Gasteiger partial charge in [0.25, 0.3) is 0 Å². The molecule has 0 radical (unpaired) electrons. The Kier molecular flexibility index (Phi) is 4.59. The van der Waals surface area contributed by atoms with Gasteiger partial charge in [-0.15, -0.1) is 0 Å². The van der Waals surface area contributed by atoms with Crippen molar-refractivity contribution in [3.8, 4) is 0 Å². The van der Waals surface area contributed by atoms with Gasteiger partial charge in [0.1, 0.15) is 0 Å². The first-order valence-corrected chi connectivity index (χ1v) is 4.76. The summed E-state index contributed by atoms with van der Waals surface area (Å²) < 4.78 is 28.2. The van der Waals surface area contributed by atoms with E-state index in [9.17, 15) is 8.42 Å². The molecule has 0 aromatic rings. The van der Waals surface area contributed by atoms with Crippen LogP contribution in [0.3, 0.4) is 0 Å². The van der Waals surface area contributed by atoms with Crippen molar-refractivity contribution < 1.29 is 13.2 Å². The molecule has 0 bridgehead atoms. The van der Waals surface area contributed by atoms with E-state index in [4.69, 9.17) is 4.74 Å². The molecule has 0 fully saturated rings. The van der Waals surface area contributed by atoms with Gasteiger partial charge in [0.2, 0.25) is 10.0 Å². The molecule has 5 heteroatoms. The van der Waals surface area contributed by atoms with Gasteiger partial charge in [0.15, 0.2) is 5.94 Å². The lowest BCUT2D eigenvalue weighted by molar-refractivity contribution is 0.176. The van der Waals surface area contributed by atoms with Crippen molar-refractivity contribution in [3.05, 3.63) is 0 Å². The molecule has 0 unspecified atom stereocenters. The van der Waals surface area contributed by atoms with Gasteiger partial charge < -0.3 is 4.74 Å². The zero-order valence-corrected chi connectivity index (χ0v) is 7.07. The monoisotopic (exact) mass is 167 g/mol. The molecular formula is C5H13NO3S. The van der Waals surface area contributed by atoms with Crippen LogP contribution in [0.5, 0.6) is 0 Å². The molecule has 0 saturated carbocycles. The number of hydrogen-bond acceptors (Lipinski definition) is 3. The minimum absolute atomic E-state index is 0.239. The molecule has 0 saturated heterocycles. The van der Waals surface area contributed by atoms with E-state index in [1.54, 1.807) is 0 Å². The lowest BCUT2D eigenvalue weighted by Gasteiger charge is -2.01. The third-order valence-electron chi connectivity index (χ3n) is 0.898. The number of sulfonamides is 1. The lowest BCUT2D eigenvalue weighted by Crippen LogP contribution is -2.23. The summed E-state index contributed by atoms with van der Waals surface area (Å²) in [5.74, 6) is -0.239. The Labute approximate surface area is 61.6 Å². The van der Waals surface area contributed by atoms with E-state index in [0.717, 1.165) is 6.42 Å². The smallest absolute Gasteiger partial charge is 0.235 e. The molecule has 0 aliphatic rings. The minimum atomic E-state index is -3.16. The summed E-state index contributed by atoms with van der Waals surface area (Å²) >= 11 is 0. The summed E-state index contributed by atoms with van der Waals surface area (Å²) in [6, 6.07) is 0. The van der Waals surface area contributed by atoms with Crippen LogP contribution < -0.4 is 4.72 Å². The largest absolute Gasteiger partial charge is 0.364 e. The molecule has 1 N–H and O–H groups in total. The average molecular weight is 167 g/mol. The van der Waals surface area contributed by atoms with Crippen molar-refractivity contribution in [3.63, 3.8) is 0 Å². The summed E-state index contributed by atoms with van der Waals surface area (Å²) in [5, 5.41) is 0. The average Bonchev–Trinajstić information content (AvgIpc) is 1.89. The Morgan fingerprint density at radius 3 is 2.50 bits per heavy atom. The highest BCUT2D eigenvalue weighted by Gasteiger charge is 2.04. The van der Waals surface area contributed by atoms with Crippen LogP contribution in [0, 0.1) is 0 Å². The van der Waals surface area contributed by atoms with Crippen LogP contribution in [0.15, 0.2) is 0 Å². The van der Waals surface area contributed by atoms with Gasteiger partial charge in [-0.2, -0.15) is 0 Å². The number of hydrogen-bond donors (Lipinski definition) is 1. The quantitative estimate of drug-likeness (QED) is 0.583. The Hall–Kier alpha value is -0.130. The van der Waals surface area contributed by atoms with Crippen LogP contribution in [0.25, 0.3) is 0 Å². The maximum Gasteiger partial charge on any atom is 0.235 e. The molecule has 4 nitrogen and oxygen atoms in total. The van der Waals surface area contributed by atoms with Crippen LogP contribution in [-0.4, -0.2) is 28.0 Å². The molecule has 0 spiro atoms. The van der Waals surface area contributed by atoms with E-state index in [-0.39, 0.29) is 5.94 Å². The molecular weight excluding hydrogens is 154 g/mol. The highest BCUT2D eigenvalue weighted by molar-refractivity contribution is 7.89.